The van der Waals surface area contributed by atoms with Crippen molar-refractivity contribution in [2.75, 3.05) is 5.32 Å². The van der Waals surface area contributed by atoms with Gasteiger partial charge in [-0.25, -0.2) is 8.42 Å². The number of anilines is 1. The first-order valence-corrected chi connectivity index (χ1v) is 15.3. The predicted molar refractivity (Wildman–Crippen MR) is 163 cm³/mol. The zero-order valence-corrected chi connectivity index (χ0v) is 25.7. The number of aryl methyl sites for hydroxylation is 2. The molecule has 0 unspecified atom stereocenters. The fourth-order valence-electron chi connectivity index (χ4n) is 4.22. The van der Waals surface area contributed by atoms with E-state index in [1.807, 2.05) is 24.3 Å². The molecule has 0 saturated heterocycles. The number of aromatic hydroxyl groups is 3. The third-order valence-corrected chi connectivity index (χ3v) is 9.32. The minimum absolute atomic E-state index is 0.00731. The Balaban J connectivity index is 1.59. The number of carbonyl (C=O) groups excluding carboxylic acids is 1. The average Bonchev–Trinajstić information content (AvgIpc) is 2.92. The molecule has 0 aromatic heterocycles. The highest BCUT2D eigenvalue weighted by Crippen LogP contribution is 2.41. The van der Waals surface area contributed by atoms with Crippen LogP contribution >= 0.6 is 27.5 Å². The molecule has 41 heavy (non-hydrogen) atoms. The van der Waals surface area contributed by atoms with E-state index < -0.39 is 33.0 Å². The molecule has 0 atom stereocenters. The van der Waals surface area contributed by atoms with Gasteiger partial charge >= 0.3 is 0 Å². The first-order valence-electron chi connectivity index (χ1n) is 12.7. The number of sulfone groups is 1. The molecule has 0 aliphatic carbocycles. The molecule has 0 heterocycles. The van der Waals surface area contributed by atoms with Crippen LogP contribution in [0, 0.1) is 0 Å². The van der Waals surface area contributed by atoms with Crippen molar-refractivity contribution in [3.05, 3.63) is 105 Å². The van der Waals surface area contributed by atoms with Gasteiger partial charge in [-0.15, -0.1) is 0 Å². The third-order valence-electron chi connectivity index (χ3n) is 6.69. The van der Waals surface area contributed by atoms with E-state index in [0.29, 0.717) is 6.42 Å². The largest absolute Gasteiger partial charge is 0.504 e. The first-order chi connectivity index (χ1) is 19.2. The fraction of sp³-hybridized carbons (Fsp3) is 0.194. The molecule has 214 valence electrons. The van der Waals surface area contributed by atoms with Gasteiger partial charge in [0.2, 0.25) is 15.6 Å². The maximum atomic E-state index is 13.2. The summed E-state index contributed by atoms with van der Waals surface area (Å²) in [5, 5.41) is 33.9. The Labute approximate surface area is 252 Å². The van der Waals surface area contributed by atoms with Crippen LogP contribution in [0.3, 0.4) is 0 Å². The Kier molecular flexibility index (Phi) is 8.73. The van der Waals surface area contributed by atoms with Gasteiger partial charge in [0.05, 0.1) is 26.1 Å². The van der Waals surface area contributed by atoms with Crippen LogP contribution < -0.4 is 5.32 Å². The number of nitrogens with one attached hydrogen (secondary N) is 1. The maximum Gasteiger partial charge on any atom is 0.259 e. The molecule has 7 nitrogen and oxygen atoms in total. The molecule has 0 spiro atoms. The number of phenolic OH excluding ortho intramolecular Hbond substituents is 3. The molecular formula is C31H29BrClNO6S. The minimum atomic E-state index is -3.92. The summed E-state index contributed by atoms with van der Waals surface area (Å²) < 4.78 is 27.0. The number of halogens is 2. The number of carbonyl (C=O) groups is 1. The number of rotatable bonds is 7. The molecule has 10 heteroatoms. The maximum absolute atomic E-state index is 13.2. The van der Waals surface area contributed by atoms with Gasteiger partial charge in [0, 0.05) is 4.47 Å². The highest BCUT2D eigenvalue weighted by atomic mass is 79.9. The lowest BCUT2D eigenvalue weighted by atomic mass is 9.86. The Morgan fingerprint density at radius 1 is 0.829 bits per heavy atom. The first kappa shape index (κ1) is 30.4. The normalized spacial score (nSPS) is 11.8. The molecule has 0 aliphatic rings. The summed E-state index contributed by atoms with van der Waals surface area (Å²) in [5.74, 6) is -3.01. The number of amides is 1. The van der Waals surface area contributed by atoms with Crippen molar-refractivity contribution in [2.45, 2.75) is 48.8 Å². The van der Waals surface area contributed by atoms with Gasteiger partial charge in [-0.3, -0.25) is 4.79 Å². The highest BCUT2D eigenvalue weighted by molar-refractivity contribution is 9.10. The lowest BCUT2D eigenvalue weighted by Gasteiger charge is -2.19. The van der Waals surface area contributed by atoms with Crippen molar-refractivity contribution >= 4 is 49.0 Å². The summed E-state index contributed by atoms with van der Waals surface area (Å²) in [6, 6.07) is 19.3. The summed E-state index contributed by atoms with van der Waals surface area (Å²) in [4.78, 5) is 13.2. The Bertz CT molecular complexity index is 1710. The van der Waals surface area contributed by atoms with Crippen molar-refractivity contribution in [3.8, 4) is 17.2 Å². The molecular weight excluding hydrogens is 630 g/mol. The lowest BCUT2D eigenvalue weighted by molar-refractivity contribution is 0.102. The van der Waals surface area contributed by atoms with Crippen LogP contribution in [0.1, 0.15) is 47.8 Å². The predicted octanol–water partition coefficient (Wildman–Crippen LogP) is 7.39. The van der Waals surface area contributed by atoms with Gasteiger partial charge in [-0.1, -0.05) is 72.6 Å². The quantitative estimate of drug-likeness (QED) is 0.154. The van der Waals surface area contributed by atoms with E-state index in [4.69, 9.17) is 11.6 Å². The second-order valence-corrected chi connectivity index (χ2v) is 13.9. The molecule has 0 fully saturated rings. The van der Waals surface area contributed by atoms with Crippen molar-refractivity contribution < 1.29 is 28.5 Å². The van der Waals surface area contributed by atoms with Crippen molar-refractivity contribution in [1.82, 2.24) is 0 Å². The molecule has 4 aromatic rings. The molecule has 0 bridgehead atoms. The van der Waals surface area contributed by atoms with Crippen LogP contribution in [0.15, 0.2) is 87.1 Å². The van der Waals surface area contributed by atoms with E-state index in [0.717, 1.165) is 10.0 Å². The van der Waals surface area contributed by atoms with Gasteiger partial charge in [-0.05, 0) is 83.5 Å². The van der Waals surface area contributed by atoms with Crippen molar-refractivity contribution in [2.24, 2.45) is 0 Å². The second-order valence-electron chi connectivity index (χ2n) is 10.6. The Hall–Kier alpha value is -3.53. The van der Waals surface area contributed by atoms with E-state index in [2.05, 4.69) is 42.0 Å². The third kappa shape index (κ3) is 6.69. The van der Waals surface area contributed by atoms with Crippen LogP contribution in [0.4, 0.5) is 5.69 Å². The summed E-state index contributed by atoms with van der Waals surface area (Å²) >= 11 is 9.54. The topological polar surface area (TPSA) is 124 Å². The number of hydrogen-bond donors (Lipinski definition) is 4. The van der Waals surface area contributed by atoms with Gasteiger partial charge in [-0.2, -0.15) is 0 Å². The number of hydrogen-bond acceptors (Lipinski definition) is 6. The zero-order chi connectivity index (χ0) is 30.1. The van der Waals surface area contributed by atoms with Crippen LogP contribution in [0.2, 0.25) is 5.02 Å². The average molecular weight is 659 g/mol. The molecule has 0 aliphatic heterocycles. The molecule has 4 rings (SSSR count). The van der Waals surface area contributed by atoms with Gasteiger partial charge in [0.15, 0.2) is 11.5 Å². The molecule has 0 saturated carbocycles. The number of phenols is 3. The van der Waals surface area contributed by atoms with Gasteiger partial charge in [0.1, 0.15) is 0 Å². The van der Waals surface area contributed by atoms with Crippen LogP contribution in [-0.4, -0.2) is 29.6 Å². The standard InChI is InChI=1S/C31H29BrClNO6S/c1-31(2,3)20-8-5-18(6-9-20)4-7-19-16-24(28(36)29(37)27(19)35)30(38)34-26-17-23(14-15-25(26)33)41(39,40)22-12-10-21(32)11-13-22/h5-6,8-17,35-37H,4,7H2,1-3H3,(H,34,38). The van der Waals surface area contributed by atoms with E-state index in [-0.39, 0.29) is 43.5 Å². The fourth-order valence-corrected chi connectivity index (χ4v) is 5.94. The van der Waals surface area contributed by atoms with Crippen molar-refractivity contribution in [3.63, 3.8) is 0 Å². The monoisotopic (exact) mass is 657 g/mol. The van der Waals surface area contributed by atoms with Gasteiger partial charge in [0.25, 0.3) is 5.91 Å². The summed E-state index contributed by atoms with van der Waals surface area (Å²) in [6.07, 6.45) is 0.779. The van der Waals surface area contributed by atoms with Crippen molar-refractivity contribution in [1.29, 1.82) is 0 Å². The number of benzene rings is 4. The SMILES string of the molecule is CC(C)(C)c1ccc(CCc2cc(C(=O)Nc3cc(S(=O)(=O)c4ccc(Br)cc4)ccc3Cl)c(O)c(O)c2O)cc1. The molecule has 4 N–H and O–H groups in total. The van der Waals surface area contributed by atoms with E-state index in [1.165, 1.54) is 42.0 Å². The molecule has 0 radical (unpaired) electrons. The summed E-state index contributed by atoms with van der Waals surface area (Å²) in [5.41, 5.74) is 2.11. The van der Waals surface area contributed by atoms with E-state index in [1.54, 1.807) is 12.1 Å². The zero-order valence-electron chi connectivity index (χ0n) is 22.6. The van der Waals surface area contributed by atoms with Crippen LogP contribution in [0.25, 0.3) is 0 Å². The molecule has 1 amide bonds. The van der Waals surface area contributed by atoms with Gasteiger partial charge < -0.3 is 20.6 Å². The van der Waals surface area contributed by atoms with Crippen LogP contribution in [-0.2, 0) is 28.1 Å². The molecule has 4 aromatic carbocycles. The second kappa shape index (κ2) is 11.8. The Morgan fingerprint density at radius 2 is 1.44 bits per heavy atom. The van der Waals surface area contributed by atoms with E-state index >= 15 is 0 Å². The highest BCUT2D eigenvalue weighted by Gasteiger charge is 2.24. The minimum Gasteiger partial charge on any atom is -0.504 e. The van der Waals surface area contributed by atoms with Crippen LogP contribution in [0.5, 0.6) is 17.2 Å². The van der Waals surface area contributed by atoms with E-state index in [9.17, 15) is 28.5 Å². The smallest absolute Gasteiger partial charge is 0.259 e. The summed E-state index contributed by atoms with van der Waals surface area (Å²) in [7, 11) is -3.92. The lowest BCUT2D eigenvalue weighted by Crippen LogP contribution is -2.14. The Morgan fingerprint density at radius 3 is 2.05 bits per heavy atom. The summed E-state index contributed by atoms with van der Waals surface area (Å²) in [6.45, 7) is 6.37.